The van der Waals surface area contributed by atoms with E-state index in [0.29, 0.717) is 189 Å². The number of fused-ring (bicyclic) bond motifs is 6. The number of aromatic nitrogens is 15. The van der Waals surface area contributed by atoms with Crippen LogP contribution in [0.3, 0.4) is 0 Å². The molecule has 4 atom stereocenters. The average molecular weight is 1750 g/mol. The third kappa shape index (κ3) is 17.9. The fourth-order valence-electron chi connectivity index (χ4n) is 15.9. The molecule has 0 spiro atoms. The van der Waals surface area contributed by atoms with Gasteiger partial charge in [0.15, 0.2) is 28.6 Å². The van der Waals surface area contributed by atoms with Crippen LogP contribution >= 0.6 is 34.8 Å². The van der Waals surface area contributed by atoms with Gasteiger partial charge in [0.2, 0.25) is 35.4 Å². The first-order chi connectivity index (χ1) is 59.3. The predicted octanol–water partition coefficient (Wildman–Crippen LogP) is 11.5. The highest BCUT2D eigenvalue weighted by Crippen LogP contribution is 2.45. The SMILES string of the molecule is C=CC(=O)N1CCN(c2nc(OC[C@@H]3C[C@@H](C)CN3C)nc3c(Oc4c(Cl)c(F)cc5[nH]ncc45)nccc23)CC1.C=CC(=O)N1CCN(c2nc(OC[C@@]3(F)CCN(C)C3)nc3c(Oc4c(Cl)c(F)cc5[nH]ncc45)nccc23)CC1.C=CC(=O)N1CCN(c2nc(OC[C@]3(F)CCN(C)C3)nc3c(Oc4c(Cl)c(F)cc5[nH]ncc45)nccc23)CC1. The van der Waals surface area contributed by atoms with Crippen LogP contribution in [0.5, 0.6) is 52.9 Å². The van der Waals surface area contributed by atoms with Gasteiger partial charge in [0.25, 0.3) is 0 Å². The van der Waals surface area contributed by atoms with E-state index < -0.39 is 28.8 Å². The van der Waals surface area contributed by atoms with Gasteiger partial charge in [0.05, 0.1) is 67.5 Å². The van der Waals surface area contributed by atoms with Crippen LogP contribution in [-0.4, -0.2) is 292 Å². The van der Waals surface area contributed by atoms with Gasteiger partial charge < -0.3 is 67.6 Å². The lowest BCUT2D eigenvalue weighted by atomic mass is 10.1. The summed E-state index contributed by atoms with van der Waals surface area (Å²) in [4.78, 5) is 94.7. The molecule has 9 aromatic heterocycles. The monoisotopic (exact) mass is 1750 g/mol. The molecule has 18 rings (SSSR count). The van der Waals surface area contributed by atoms with E-state index >= 15 is 8.78 Å². The van der Waals surface area contributed by atoms with E-state index in [1.54, 1.807) is 39.1 Å². The van der Waals surface area contributed by atoms with Crippen LogP contribution in [0.4, 0.5) is 39.4 Å². The number of likely N-dealkylation sites (N-methyl/N-ethyl adjacent to an activating group) is 1. The first-order valence-electron chi connectivity index (χ1n) is 39.6. The predicted molar refractivity (Wildman–Crippen MR) is 451 cm³/mol. The van der Waals surface area contributed by atoms with Crippen molar-refractivity contribution in [1.29, 1.82) is 0 Å². The molecule has 6 fully saturated rings. The van der Waals surface area contributed by atoms with Crippen LogP contribution in [-0.2, 0) is 14.4 Å². The van der Waals surface area contributed by atoms with Crippen molar-refractivity contribution in [3.8, 4) is 52.9 Å². The molecule has 3 N–H and O–H groups in total. The van der Waals surface area contributed by atoms with Crippen molar-refractivity contribution in [2.24, 2.45) is 5.92 Å². The number of piperazine rings is 3. The van der Waals surface area contributed by atoms with Crippen molar-refractivity contribution >= 4 is 135 Å². The number of carbonyl (C=O) groups is 3. The van der Waals surface area contributed by atoms with Crippen molar-refractivity contribution < 1.29 is 64.8 Å². The molecule has 33 nitrogen and oxygen atoms in total. The number of hydrogen-bond acceptors (Lipinski definition) is 27. The summed E-state index contributed by atoms with van der Waals surface area (Å²) in [5, 5.41) is 22.6. The Morgan fingerprint density at radius 2 is 0.805 bits per heavy atom. The summed E-state index contributed by atoms with van der Waals surface area (Å²) in [6.07, 6.45) is 14.7. The van der Waals surface area contributed by atoms with Gasteiger partial charge in [-0.2, -0.15) is 45.2 Å². The van der Waals surface area contributed by atoms with Crippen LogP contribution in [0.25, 0.3) is 65.4 Å². The summed E-state index contributed by atoms with van der Waals surface area (Å²) in [7, 11) is 5.79. The van der Waals surface area contributed by atoms with E-state index in [1.165, 1.54) is 67.4 Å². The Bertz CT molecular complexity index is 5810. The van der Waals surface area contributed by atoms with Gasteiger partial charge in [0.1, 0.15) is 86.3 Å². The quantitative estimate of drug-likeness (QED) is 0.0444. The van der Waals surface area contributed by atoms with E-state index in [0.717, 1.165) is 13.0 Å². The second-order valence-corrected chi connectivity index (χ2v) is 32.1. The normalized spacial score (nSPS) is 19.7. The van der Waals surface area contributed by atoms with Gasteiger partial charge in [-0.05, 0) is 82.8 Å². The largest absolute Gasteiger partial charge is 0.462 e. The third-order valence-electron chi connectivity index (χ3n) is 22.4. The number of amides is 3. The number of likely N-dealkylation sites (tertiary alicyclic amines) is 3. The molecule has 0 unspecified atom stereocenters. The van der Waals surface area contributed by atoms with Crippen LogP contribution in [0.2, 0.25) is 15.1 Å². The zero-order valence-corrected chi connectivity index (χ0v) is 69.6. The van der Waals surface area contributed by atoms with Crippen molar-refractivity contribution in [1.82, 2.24) is 105 Å². The Kier molecular flexibility index (Phi) is 24.5. The molecule has 0 aliphatic carbocycles. The fraction of sp³-hybridized carbons (Fsp3) is 0.378. The highest BCUT2D eigenvalue weighted by atomic mass is 35.5. The number of halogens is 8. The molecule has 0 saturated carbocycles. The maximum Gasteiger partial charge on any atom is 0.319 e. The van der Waals surface area contributed by atoms with Gasteiger partial charge in [-0.1, -0.05) is 61.5 Å². The Labute approximate surface area is 714 Å². The topological polar surface area (TPSA) is 338 Å². The zero-order chi connectivity index (χ0) is 86.1. The van der Waals surface area contributed by atoms with Crippen LogP contribution in [0, 0.1) is 23.4 Å². The number of alkyl halides is 2. The number of aromatic amines is 3. The summed E-state index contributed by atoms with van der Waals surface area (Å²) in [5.41, 5.74) is -0.937. The summed E-state index contributed by atoms with van der Waals surface area (Å²) < 4.78 is 111. The number of ether oxygens (including phenoxy) is 6. The molecule has 15 heterocycles. The van der Waals surface area contributed by atoms with Crippen LogP contribution < -0.4 is 43.1 Å². The Balaban J connectivity index is 0.000000137. The number of hydrogen-bond donors (Lipinski definition) is 3. The minimum absolute atomic E-state index is 0.0197. The number of benzene rings is 3. The third-order valence-corrected chi connectivity index (χ3v) is 23.5. The second-order valence-electron chi connectivity index (χ2n) is 31.0. The standard InChI is InChI=1S/C28H30ClFN8O3.2C27H27ClF2N8O3/c1-4-22(39)37-7-9-38(10-8-37)26-18-5-6-31-27(41-25-19-13-32-35-21(19)12-20(30)23(25)29)24(18)33-28(34-26)40-15-17-11-16(2)14-36(17)3;2*1-3-20(39)37-8-10-38(11-9-37)24-16-4-6-31-25(41-23-17-13-32-35-19(17)12-18(29)21(23)28)22(16)33-26(34-24)40-15-27(30)5-7-36(2)14-27/h4-6,12-13,16-17H,1,7-11,14-15H2,2-3H3,(H,32,35);2*3-4,6,12-13H,1,5,7-11,14-15H2,2H3,(H,32,35)/t16-,17+;2*27-/m110/s1. The average Bonchev–Trinajstić information content (AvgIpc) is 1.60. The molecule has 0 radical (unpaired) electrons. The molecule has 3 aromatic carbocycles. The van der Waals surface area contributed by atoms with Crippen molar-refractivity contribution in [2.45, 2.75) is 43.6 Å². The molecule has 12 aromatic rings. The number of H-pyrrole nitrogens is 3. The Morgan fingerprint density at radius 3 is 1.10 bits per heavy atom. The maximum absolute atomic E-state index is 15.4. The second kappa shape index (κ2) is 35.7. The number of nitrogens with zero attached hydrogens (tertiary/aromatic N) is 21. The molecule has 3 amide bonds. The minimum atomic E-state index is -1.54. The van der Waals surface area contributed by atoms with E-state index in [4.69, 9.17) is 73.2 Å². The maximum atomic E-state index is 15.4. The Hall–Kier alpha value is -12.2. The molecular formula is C82H84Cl3F5N24O9. The van der Waals surface area contributed by atoms with E-state index in [-0.39, 0.29) is 129 Å². The summed E-state index contributed by atoms with van der Waals surface area (Å²) in [5.74, 6) is 0.105. The first kappa shape index (κ1) is 84.4. The molecule has 41 heteroatoms. The van der Waals surface area contributed by atoms with Gasteiger partial charge in [-0.25, -0.2) is 36.9 Å². The van der Waals surface area contributed by atoms with Crippen molar-refractivity contribution in [3.05, 3.63) is 144 Å². The van der Waals surface area contributed by atoms with Crippen molar-refractivity contribution in [3.63, 3.8) is 0 Å². The number of anilines is 3. The molecule has 6 aliphatic rings. The van der Waals surface area contributed by atoms with Gasteiger partial charge in [-0.15, -0.1) is 0 Å². The summed E-state index contributed by atoms with van der Waals surface area (Å²) in [6.45, 7) is 21.5. The number of rotatable bonds is 21. The summed E-state index contributed by atoms with van der Waals surface area (Å²) in [6, 6.07) is 9.29. The van der Waals surface area contributed by atoms with E-state index in [9.17, 15) is 27.6 Å². The number of pyridine rings is 3. The smallest absolute Gasteiger partial charge is 0.319 e. The van der Waals surface area contributed by atoms with Gasteiger partial charge >= 0.3 is 18.0 Å². The molecule has 6 aliphatic heterocycles. The molecule has 642 valence electrons. The van der Waals surface area contributed by atoms with Crippen molar-refractivity contribution in [2.75, 3.05) is 167 Å². The highest BCUT2D eigenvalue weighted by Gasteiger charge is 2.41. The lowest BCUT2D eigenvalue weighted by molar-refractivity contribution is -0.127. The minimum Gasteiger partial charge on any atom is -0.462 e. The zero-order valence-electron chi connectivity index (χ0n) is 67.3. The Morgan fingerprint density at radius 1 is 0.480 bits per heavy atom. The lowest BCUT2D eigenvalue weighted by Crippen LogP contribution is -2.48. The van der Waals surface area contributed by atoms with Gasteiger partial charge in [-0.3, -0.25) is 34.6 Å². The highest BCUT2D eigenvalue weighted by molar-refractivity contribution is 6.34. The number of carbonyl (C=O) groups excluding carboxylic acids is 3. The fourth-order valence-corrected chi connectivity index (χ4v) is 16.5. The lowest BCUT2D eigenvalue weighted by Gasteiger charge is -2.35. The molecular weight excluding hydrogens is 1670 g/mol. The van der Waals surface area contributed by atoms with E-state index in [1.807, 2.05) is 33.7 Å². The first-order valence-corrected chi connectivity index (χ1v) is 40.7. The summed E-state index contributed by atoms with van der Waals surface area (Å²) >= 11 is 18.9. The molecule has 0 bridgehead atoms. The molecule has 6 saturated heterocycles. The van der Waals surface area contributed by atoms with E-state index in [2.05, 4.69) is 109 Å². The van der Waals surface area contributed by atoms with Crippen LogP contribution in [0.15, 0.2) is 112 Å². The number of nitrogens with one attached hydrogen (secondary N) is 3. The van der Waals surface area contributed by atoms with Crippen LogP contribution in [0.1, 0.15) is 26.2 Å². The van der Waals surface area contributed by atoms with Gasteiger partial charge in [0, 0.05) is 154 Å². The molecule has 123 heavy (non-hydrogen) atoms.